The monoisotopic (exact) mass is 260 g/mol. The van der Waals surface area contributed by atoms with E-state index in [-0.39, 0.29) is 17.9 Å². The number of hydrogen-bond acceptors (Lipinski definition) is 2. The summed E-state index contributed by atoms with van der Waals surface area (Å²) in [7, 11) is 1.85. The van der Waals surface area contributed by atoms with Gasteiger partial charge in [0.25, 0.3) is 0 Å². The number of rotatable bonds is 4. The van der Waals surface area contributed by atoms with Gasteiger partial charge in [-0.25, -0.2) is 0 Å². The lowest BCUT2D eigenvalue weighted by molar-refractivity contribution is -0.119. The molecule has 0 saturated carbocycles. The minimum atomic E-state index is 0.00378. The Morgan fingerprint density at radius 2 is 2.05 bits per heavy atom. The molecule has 1 aliphatic heterocycles. The van der Waals surface area contributed by atoms with Crippen LogP contribution in [0.25, 0.3) is 0 Å². The molecule has 3 atom stereocenters. The van der Waals surface area contributed by atoms with Gasteiger partial charge < -0.3 is 10.6 Å². The quantitative estimate of drug-likeness (QED) is 0.903. The average molecular weight is 260 g/mol. The van der Waals surface area contributed by atoms with E-state index < -0.39 is 0 Å². The predicted molar refractivity (Wildman–Crippen MR) is 79.3 cm³/mol. The summed E-state index contributed by atoms with van der Waals surface area (Å²) in [5.41, 5.74) is 9.63. The van der Waals surface area contributed by atoms with E-state index in [1.807, 2.05) is 13.1 Å². The molecule has 0 aromatic heterocycles. The zero-order valence-corrected chi connectivity index (χ0v) is 12.3. The van der Waals surface area contributed by atoms with Gasteiger partial charge in [-0.2, -0.15) is 0 Å². The highest BCUT2D eigenvalue weighted by molar-refractivity contribution is 6.04. The van der Waals surface area contributed by atoms with Crippen LogP contribution in [0.2, 0.25) is 0 Å². The molecule has 0 fully saturated rings. The molecule has 3 nitrogen and oxygen atoms in total. The highest BCUT2D eigenvalue weighted by atomic mass is 16.2. The minimum absolute atomic E-state index is 0.00378. The van der Waals surface area contributed by atoms with Gasteiger partial charge in [0.15, 0.2) is 0 Å². The summed E-state index contributed by atoms with van der Waals surface area (Å²) < 4.78 is 0. The van der Waals surface area contributed by atoms with Gasteiger partial charge in [0.2, 0.25) is 5.91 Å². The van der Waals surface area contributed by atoms with E-state index in [1.54, 1.807) is 4.90 Å². The number of benzene rings is 1. The summed E-state index contributed by atoms with van der Waals surface area (Å²) in [6.45, 7) is 6.39. The second-order valence-corrected chi connectivity index (χ2v) is 5.59. The third kappa shape index (κ3) is 2.27. The van der Waals surface area contributed by atoms with Crippen molar-refractivity contribution in [2.75, 3.05) is 11.9 Å². The normalized spacial score (nSPS) is 21.4. The van der Waals surface area contributed by atoms with Crippen molar-refractivity contribution >= 4 is 11.6 Å². The van der Waals surface area contributed by atoms with E-state index >= 15 is 0 Å². The molecule has 1 aromatic carbocycles. The Balaban J connectivity index is 2.39. The Bertz CT molecular complexity index is 484. The number of anilines is 1. The first-order valence-corrected chi connectivity index (χ1v) is 7.18. The van der Waals surface area contributed by atoms with Crippen LogP contribution in [-0.4, -0.2) is 13.0 Å². The van der Waals surface area contributed by atoms with Crippen molar-refractivity contribution in [3.05, 3.63) is 29.3 Å². The Morgan fingerprint density at radius 1 is 1.37 bits per heavy atom. The first-order valence-electron chi connectivity index (χ1n) is 7.18. The number of amides is 1. The molecule has 1 heterocycles. The number of nitrogens with two attached hydrogens (primary N) is 1. The molecule has 19 heavy (non-hydrogen) atoms. The van der Waals surface area contributed by atoms with E-state index in [4.69, 9.17) is 5.73 Å². The molecule has 2 rings (SSSR count). The van der Waals surface area contributed by atoms with Crippen molar-refractivity contribution in [1.29, 1.82) is 0 Å². The Morgan fingerprint density at radius 3 is 2.63 bits per heavy atom. The zero-order valence-electron chi connectivity index (χ0n) is 12.3. The van der Waals surface area contributed by atoms with Crippen LogP contribution in [0, 0.1) is 5.92 Å². The lowest BCUT2D eigenvalue weighted by atomic mass is 9.89. The third-order valence-corrected chi connectivity index (χ3v) is 4.47. The summed E-state index contributed by atoms with van der Waals surface area (Å²) in [5.74, 6) is 0.656. The molecule has 0 radical (unpaired) electrons. The molecule has 0 spiro atoms. The summed E-state index contributed by atoms with van der Waals surface area (Å²) in [4.78, 5) is 13.9. The Hall–Kier alpha value is -1.35. The highest BCUT2D eigenvalue weighted by Gasteiger charge is 2.34. The van der Waals surface area contributed by atoms with Crippen molar-refractivity contribution in [2.45, 2.75) is 45.6 Å². The van der Waals surface area contributed by atoms with Gasteiger partial charge in [-0.3, -0.25) is 4.79 Å². The van der Waals surface area contributed by atoms with Gasteiger partial charge in [0.1, 0.15) is 0 Å². The molecule has 3 heteroatoms. The maximum Gasteiger partial charge on any atom is 0.234 e. The number of nitrogens with zero attached hydrogens (tertiary/aromatic N) is 1. The fourth-order valence-corrected chi connectivity index (χ4v) is 2.83. The maximum absolute atomic E-state index is 12.2. The molecule has 3 unspecified atom stereocenters. The molecule has 1 aromatic rings. The van der Waals surface area contributed by atoms with Gasteiger partial charge >= 0.3 is 0 Å². The standard InChI is InChI=1S/C16H24N2O/c1-5-10(3)15(17)11-7-8-14-13(9-11)12(6-2)16(19)18(14)4/h7-10,12,15H,5-6,17H2,1-4H3. The first-order chi connectivity index (χ1) is 9.01. The van der Waals surface area contributed by atoms with E-state index in [9.17, 15) is 4.79 Å². The largest absolute Gasteiger partial charge is 0.324 e. The van der Waals surface area contributed by atoms with Crippen LogP contribution in [0.3, 0.4) is 0 Å². The van der Waals surface area contributed by atoms with Crippen LogP contribution in [0.1, 0.15) is 56.7 Å². The number of carbonyl (C=O) groups excluding carboxylic acids is 1. The van der Waals surface area contributed by atoms with Crippen molar-refractivity contribution in [2.24, 2.45) is 11.7 Å². The third-order valence-electron chi connectivity index (χ3n) is 4.47. The molecule has 0 bridgehead atoms. The smallest absolute Gasteiger partial charge is 0.234 e. The van der Waals surface area contributed by atoms with Crippen LogP contribution in [0.4, 0.5) is 5.69 Å². The molecule has 104 valence electrons. The van der Waals surface area contributed by atoms with E-state index in [0.29, 0.717) is 5.92 Å². The van der Waals surface area contributed by atoms with Crippen LogP contribution in [0.5, 0.6) is 0 Å². The second kappa shape index (κ2) is 5.33. The van der Waals surface area contributed by atoms with E-state index in [1.165, 1.54) is 0 Å². The van der Waals surface area contributed by atoms with Gasteiger partial charge in [0, 0.05) is 18.8 Å². The van der Waals surface area contributed by atoms with Crippen LogP contribution < -0.4 is 10.6 Å². The maximum atomic E-state index is 12.2. The molecule has 0 saturated heterocycles. The number of likely N-dealkylation sites (N-methyl/N-ethyl adjacent to an activating group) is 1. The van der Waals surface area contributed by atoms with Crippen molar-refractivity contribution in [3.8, 4) is 0 Å². The van der Waals surface area contributed by atoms with Crippen LogP contribution >= 0.6 is 0 Å². The Labute approximate surface area is 115 Å². The molecule has 2 N–H and O–H groups in total. The fraction of sp³-hybridized carbons (Fsp3) is 0.562. The number of carbonyl (C=O) groups is 1. The van der Waals surface area contributed by atoms with Crippen LogP contribution in [0.15, 0.2) is 18.2 Å². The SMILES string of the molecule is CCC1C(=O)N(C)c2ccc(C(N)C(C)CC)cc21. The topological polar surface area (TPSA) is 46.3 Å². The molecule has 0 aliphatic carbocycles. The molecular weight excluding hydrogens is 236 g/mol. The van der Waals surface area contributed by atoms with Crippen molar-refractivity contribution < 1.29 is 4.79 Å². The van der Waals surface area contributed by atoms with Gasteiger partial charge in [0.05, 0.1) is 5.92 Å². The highest BCUT2D eigenvalue weighted by Crippen LogP contribution is 2.40. The average Bonchev–Trinajstić information content (AvgIpc) is 2.68. The fourth-order valence-electron chi connectivity index (χ4n) is 2.83. The number of fused-ring (bicyclic) bond motifs is 1. The first kappa shape index (κ1) is 14.1. The van der Waals surface area contributed by atoms with E-state index in [0.717, 1.165) is 29.7 Å². The molecule has 1 aliphatic rings. The predicted octanol–water partition coefficient (Wildman–Crippen LogP) is 3.20. The van der Waals surface area contributed by atoms with Crippen molar-refractivity contribution in [1.82, 2.24) is 0 Å². The number of hydrogen-bond donors (Lipinski definition) is 1. The van der Waals surface area contributed by atoms with Crippen molar-refractivity contribution in [3.63, 3.8) is 0 Å². The molecular formula is C16H24N2O. The second-order valence-electron chi connectivity index (χ2n) is 5.59. The summed E-state index contributed by atoms with van der Waals surface area (Å²) in [5, 5.41) is 0. The van der Waals surface area contributed by atoms with Gasteiger partial charge in [-0.05, 0) is 29.5 Å². The molecule has 1 amide bonds. The minimum Gasteiger partial charge on any atom is -0.324 e. The summed E-state index contributed by atoms with van der Waals surface area (Å²) in [6, 6.07) is 6.30. The van der Waals surface area contributed by atoms with Crippen LogP contribution in [-0.2, 0) is 4.79 Å². The van der Waals surface area contributed by atoms with Gasteiger partial charge in [-0.15, -0.1) is 0 Å². The lowest BCUT2D eigenvalue weighted by Gasteiger charge is -2.20. The Kier molecular flexibility index (Phi) is 3.95. The van der Waals surface area contributed by atoms with Gasteiger partial charge in [-0.1, -0.05) is 39.3 Å². The van der Waals surface area contributed by atoms with E-state index in [2.05, 4.69) is 32.9 Å². The summed E-state index contributed by atoms with van der Waals surface area (Å²) in [6.07, 6.45) is 1.91. The zero-order chi connectivity index (χ0) is 14.2. The summed E-state index contributed by atoms with van der Waals surface area (Å²) >= 11 is 0. The lowest BCUT2D eigenvalue weighted by Crippen LogP contribution is -2.23.